The third-order valence-electron chi connectivity index (χ3n) is 5.42. The molecule has 0 spiro atoms. The zero-order valence-electron chi connectivity index (χ0n) is 17.4. The molecule has 0 radical (unpaired) electrons. The van der Waals surface area contributed by atoms with Crippen LogP contribution in [0, 0.1) is 27.7 Å². The lowest BCUT2D eigenvalue weighted by Gasteiger charge is -2.29. The Morgan fingerprint density at radius 1 is 1.17 bits per heavy atom. The summed E-state index contributed by atoms with van der Waals surface area (Å²) in [6, 6.07) is 6.02. The van der Waals surface area contributed by atoms with Gasteiger partial charge in [0.15, 0.2) is 5.13 Å². The second-order valence-electron chi connectivity index (χ2n) is 7.61. The topological polar surface area (TPSA) is 58.8 Å². The van der Waals surface area contributed by atoms with Crippen LogP contribution in [0.3, 0.4) is 0 Å². The molecule has 1 aliphatic heterocycles. The molecule has 0 unspecified atom stereocenters. The second kappa shape index (κ2) is 8.26. The Kier molecular flexibility index (Phi) is 5.72. The highest BCUT2D eigenvalue weighted by atomic mass is 32.1. The van der Waals surface area contributed by atoms with Gasteiger partial charge in [-0.15, -0.1) is 0 Å². The lowest BCUT2D eigenvalue weighted by molar-refractivity contribution is 0.0391. The molecule has 1 aliphatic rings. The summed E-state index contributed by atoms with van der Waals surface area (Å²) >= 11 is 1.59. The predicted molar refractivity (Wildman–Crippen MR) is 116 cm³/mol. The molecule has 0 aliphatic carbocycles. The van der Waals surface area contributed by atoms with Gasteiger partial charge in [0, 0.05) is 26.2 Å². The van der Waals surface area contributed by atoms with Crippen LogP contribution in [-0.4, -0.2) is 55.2 Å². The van der Waals surface area contributed by atoms with Crippen LogP contribution in [0.2, 0.25) is 0 Å². The fourth-order valence-corrected chi connectivity index (χ4v) is 4.84. The van der Waals surface area contributed by atoms with Gasteiger partial charge in [-0.1, -0.05) is 23.5 Å². The number of hydrogen-bond acceptors (Lipinski definition) is 6. The Labute approximate surface area is 175 Å². The number of amides is 1. The van der Waals surface area contributed by atoms with E-state index in [2.05, 4.69) is 30.9 Å². The van der Waals surface area contributed by atoms with Crippen molar-refractivity contribution in [1.82, 2.24) is 9.88 Å². The predicted octanol–water partition coefficient (Wildman–Crippen LogP) is 4.10. The molecule has 2 aromatic heterocycles. The number of rotatable bonds is 5. The van der Waals surface area contributed by atoms with Crippen LogP contribution in [0.25, 0.3) is 10.2 Å². The van der Waals surface area contributed by atoms with Gasteiger partial charge in [-0.2, -0.15) is 0 Å². The summed E-state index contributed by atoms with van der Waals surface area (Å²) in [5.74, 6) is 1.34. The van der Waals surface area contributed by atoms with Gasteiger partial charge in [-0.25, -0.2) is 4.98 Å². The Hall–Kier alpha value is -2.22. The van der Waals surface area contributed by atoms with Crippen LogP contribution in [0.1, 0.15) is 33.0 Å². The Bertz CT molecular complexity index is 995. The highest BCUT2D eigenvalue weighted by Gasteiger charge is 2.26. The van der Waals surface area contributed by atoms with Gasteiger partial charge in [-0.05, 0) is 44.9 Å². The van der Waals surface area contributed by atoms with Crippen molar-refractivity contribution in [2.24, 2.45) is 0 Å². The highest BCUT2D eigenvalue weighted by Crippen LogP contribution is 2.34. The van der Waals surface area contributed by atoms with Crippen molar-refractivity contribution in [3.8, 4) is 0 Å². The molecule has 0 saturated carbocycles. The van der Waals surface area contributed by atoms with Crippen LogP contribution >= 0.6 is 11.3 Å². The second-order valence-corrected chi connectivity index (χ2v) is 8.59. The average Bonchev–Trinajstić information content (AvgIpc) is 3.30. The molecule has 1 aromatic carbocycles. The number of morpholine rings is 1. The number of carbonyl (C=O) groups is 1. The standard InChI is InChI=1S/C22H27N3O3S/c1-14-5-6-15(2)20-19(14)23-22(29-20)25(8-7-24-9-11-27-12-10-24)21(26)18-13-16(3)28-17(18)4/h5-6,13H,7-12H2,1-4H3. The molecule has 3 aromatic rings. The molecule has 0 atom stereocenters. The van der Waals surface area contributed by atoms with E-state index in [-0.39, 0.29) is 5.91 Å². The fraction of sp³-hybridized carbons (Fsp3) is 0.455. The highest BCUT2D eigenvalue weighted by molar-refractivity contribution is 7.22. The summed E-state index contributed by atoms with van der Waals surface area (Å²) in [6.45, 7) is 12.5. The van der Waals surface area contributed by atoms with Crippen molar-refractivity contribution >= 4 is 32.6 Å². The van der Waals surface area contributed by atoms with Crippen LogP contribution < -0.4 is 4.90 Å². The number of thiazole rings is 1. The average molecular weight is 414 g/mol. The summed E-state index contributed by atoms with van der Waals surface area (Å²) in [6.07, 6.45) is 0. The molecule has 1 amide bonds. The van der Waals surface area contributed by atoms with E-state index in [1.165, 1.54) is 5.56 Å². The lowest BCUT2D eigenvalue weighted by Crippen LogP contribution is -2.43. The van der Waals surface area contributed by atoms with E-state index < -0.39 is 0 Å². The monoisotopic (exact) mass is 413 g/mol. The number of aryl methyl sites for hydroxylation is 4. The van der Waals surface area contributed by atoms with Gasteiger partial charge >= 0.3 is 0 Å². The number of benzene rings is 1. The maximum atomic E-state index is 13.5. The number of ether oxygens (including phenoxy) is 1. The lowest BCUT2D eigenvalue weighted by atomic mass is 10.1. The molecule has 7 heteroatoms. The zero-order valence-corrected chi connectivity index (χ0v) is 18.3. The van der Waals surface area contributed by atoms with Crippen molar-refractivity contribution < 1.29 is 13.9 Å². The molecular formula is C22H27N3O3S. The first-order valence-corrected chi connectivity index (χ1v) is 10.8. The smallest absolute Gasteiger partial charge is 0.263 e. The van der Waals surface area contributed by atoms with Crippen molar-refractivity contribution in [3.63, 3.8) is 0 Å². The van der Waals surface area contributed by atoms with Gasteiger partial charge < -0.3 is 9.15 Å². The third-order valence-corrected chi connectivity index (χ3v) is 6.64. The van der Waals surface area contributed by atoms with Gasteiger partial charge in [0.2, 0.25) is 0 Å². The van der Waals surface area contributed by atoms with Gasteiger partial charge in [0.25, 0.3) is 5.91 Å². The Morgan fingerprint density at radius 2 is 1.90 bits per heavy atom. The number of anilines is 1. The molecular weight excluding hydrogens is 386 g/mol. The summed E-state index contributed by atoms with van der Waals surface area (Å²) in [7, 11) is 0. The van der Waals surface area contributed by atoms with Gasteiger partial charge in [-0.3, -0.25) is 14.6 Å². The number of aromatic nitrogens is 1. The number of fused-ring (bicyclic) bond motifs is 1. The van der Waals surface area contributed by atoms with Crippen LogP contribution in [0.4, 0.5) is 5.13 Å². The van der Waals surface area contributed by atoms with Crippen molar-refractivity contribution in [1.29, 1.82) is 0 Å². The molecule has 0 bridgehead atoms. The zero-order chi connectivity index (χ0) is 20.5. The van der Waals surface area contributed by atoms with Crippen LogP contribution in [0.5, 0.6) is 0 Å². The fourth-order valence-electron chi connectivity index (χ4n) is 3.70. The van der Waals surface area contributed by atoms with Crippen molar-refractivity contribution in [2.75, 3.05) is 44.3 Å². The molecule has 154 valence electrons. The number of furan rings is 1. The first kappa shape index (κ1) is 20.1. The molecule has 6 nitrogen and oxygen atoms in total. The molecule has 4 rings (SSSR count). The van der Waals surface area contributed by atoms with E-state index in [1.54, 1.807) is 11.3 Å². The minimum absolute atomic E-state index is 0.0537. The molecule has 3 heterocycles. The maximum absolute atomic E-state index is 13.5. The van der Waals surface area contributed by atoms with Gasteiger partial charge in [0.1, 0.15) is 11.5 Å². The maximum Gasteiger partial charge on any atom is 0.263 e. The van der Waals surface area contributed by atoms with E-state index in [1.807, 2.05) is 24.8 Å². The number of carbonyl (C=O) groups excluding carboxylic acids is 1. The van der Waals surface area contributed by atoms with Crippen molar-refractivity contribution in [2.45, 2.75) is 27.7 Å². The first-order valence-electron chi connectivity index (χ1n) is 10.00. The molecule has 1 fully saturated rings. The Morgan fingerprint density at radius 3 is 2.55 bits per heavy atom. The number of nitrogens with zero attached hydrogens (tertiary/aromatic N) is 3. The normalized spacial score (nSPS) is 15.2. The van der Waals surface area contributed by atoms with E-state index in [0.29, 0.717) is 17.9 Å². The van der Waals surface area contributed by atoms with Crippen molar-refractivity contribution in [3.05, 3.63) is 46.4 Å². The van der Waals surface area contributed by atoms with E-state index in [0.717, 1.165) is 59.5 Å². The minimum atomic E-state index is -0.0537. The molecule has 1 saturated heterocycles. The molecule has 29 heavy (non-hydrogen) atoms. The van der Waals surface area contributed by atoms with E-state index in [9.17, 15) is 4.79 Å². The minimum Gasteiger partial charge on any atom is -0.466 e. The summed E-state index contributed by atoms with van der Waals surface area (Å²) in [5, 5.41) is 0.744. The Balaban J connectivity index is 1.69. The quantitative estimate of drug-likeness (QED) is 0.630. The number of hydrogen-bond donors (Lipinski definition) is 0. The molecule has 0 N–H and O–H groups in total. The van der Waals surface area contributed by atoms with Crippen LogP contribution in [0.15, 0.2) is 22.6 Å². The summed E-state index contributed by atoms with van der Waals surface area (Å²) < 4.78 is 12.2. The third kappa shape index (κ3) is 4.08. The van der Waals surface area contributed by atoms with Crippen LogP contribution in [-0.2, 0) is 4.74 Å². The largest absolute Gasteiger partial charge is 0.466 e. The SMILES string of the molecule is Cc1cc(C(=O)N(CCN2CCOCC2)c2nc3c(C)ccc(C)c3s2)c(C)o1. The summed E-state index contributed by atoms with van der Waals surface area (Å²) in [4.78, 5) is 22.5. The van der Waals surface area contributed by atoms with Gasteiger partial charge in [0.05, 0.1) is 29.0 Å². The summed E-state index contributed by atoms with van der Waals surface area (Å²) in [5.41, 5.74) is 3.90. The first-order chi connectivity index (χ1) is 13.9. The van der Waals surface area contributed by atoms with E-state index in [4.69, 9.17) is 14.1 Å². The van der Waals surface area contributed by atoms with E-state index >= 15 is 0 Å².